The van der Waals surface area contributed by atoms with Crippen molar-refractivity contribution in [3.05, 3.63) is 16.3 Å². The Labute approximate surface area is 163 Å². The first kappa shape index (κ1) is 18.5. The number of aromatic nitrogens is 2. The highest BCUT2D eigenvalue weighted by atomic mass is 32.2. The van der Waals surface area contributed by atoms with Gasteiger partial charge in [-0.05, 0) is 44.4 Å². The third-order valence-electron chi connectivity index (χ3n) is 5.13. The van der Waals surface area contributed by atoms with Crippen LogP contribution in [0, 0.1) is 0 Å². The third-order valence-corrected chi connectivity index (χ3v) is 7.15. The molecule has 7 heteroatoms. The average Bonchev–Trinajstić information content (AvgIpc) is 3.01. The number of ether oxygens (including phenoxy) is 1. The van der Waals surface area contributed by atoms with Gasteiger partial charge in [0, 0.05) is 29.8 Å². The van der Waals surface area contributed by atoms with E-state index in [1.165, 1.54) is 46.3 Å². The molecule has 0 radical (unpaired) electrons. The summed E-state index contributed by atoms with van der Waals surface area (Å²) >= 11 is 3.76. The number of thiophene rings is 1. The molecule has 1 aliphatic carbocycles. The number of fused-ring (bicyclic) bond motifs is 3. The molecule has 3 heterocycles. The van der Waals surface area contributed by atoms with Gasteiger partial charge in [-0.3, -0.25) is 4.90 Å². The minimum Gasteiger partial charge on any atom is -0.379 e. The fourth-order valence-electron chi connectivity index (χ4n) is 3.86. The molecular formula is C19H28N4OS2. The molecule has 2 aromatic rings. The SMILES string of the molecule is CSCC(C)Nc1nc(CN2CCOCC2)nc2sc3c(c12)CCCC3. The number of nitrogens with one attached hydrogen (secondary N) is 1. The molecule has 1 atom stereocenters. The average molecular weight is 393 g/mol. The van der Waals surface area contributed by atoms with E-state index in [0.717, 1.165) is 50.2 Å². The number of rotatable bonds is 6. The van der Waals surface area contributed by atoms with Crippen LogP contribution >= 0.6 is 23.1 Å². The van der Waals surface area contributed by atoms with E-state index >= 15 is 0 Å². The summed E-state index contributed by atoms with van der Waals surface area (Å²) in [5, 5.41) is 4.99. The van der Waals surface area contributed by atoms with Gasteiger partial charge in [0.2, 0.25) is 0 Å². The zero-order valence-electron chi connectivity index (χ0n) is 15.7. The van der Waals surface area contributed by atoms with Crippen molar-refractivity contribution >= 4 is 39.1 Å². The molecule has 1 fully saturated rings. The van der Waals surface area contributed by atoms with Crippen LogP contribution in [0.25, 0.3) is 10.2 Å². The van der Waals surface area contributed by atoms with E-state index in [1.54, 1.807) is 0 Å². The van der Waals surface area contributed by atoms with Gasteiger partial charge in [0.1, 0.15) is 16.5 Å². The predicted octanol–water partition coefficient (Wildman–Crippen LogP) is 3.57. The minimum atomic E-state index is 0.401. The molecule has 5 nitrogen and oxygen atoms in total. The Balaban J connectivity index is 1.69. The number of aryl methyl sites for hydroxylation is 2. The van der Waals surface area contributed by atoms with Gasteiger partial charge in [-0.1, -0.05) is 0 Å². The third kappa shape index (κ3) is 4.01. The predicted molar refractivity (Wildman–Crippen MR) is 112 cm³/mol. The van der Waals surface area contributed by atoms with Crippen molar-refractivity contribution in [3.63, 3.8) is 0 Å². The molecule has 0 aromatic carbocycles. The Hall–Kier alpha value is -0.890. The Morgan fingerprint density at radius 1 is 1.23 bits per heavy atom. The van der Waals surface area contributed by atoms with Crippen LogP contribution in [0.2, 0.25) is 0 Å². The van der Waals surface area contributed by atoms with Crippen molar-refractivity contribution in [1.82, 2.24) is 14.9 Å². The Bertz CT molecular complexity index is 758. The second-order valence-corrected chi connectivity index (χ2v) is 9.26. The topological polar surface area (TPSA) is 50.3 Å². The largest absolute Gasteiger partial charge is 0.379 e. The number of anilines is 1. The summed E-state index contributed by atoms with van der Waals surface area (Å²) < 4.78 is 5.47. The van der Waals surface area contributed by atoms with E-state index in [0.29, 0.717) is 6.04 Å². The molecule has 2 aromatic heterocycles. The van der Waals surface area contributed by atoms with Crippen molar-refractivity contribution in [1.29, 1.82) is 0 Å². The molecule has 142 valence electrons. The Morgan fingerprint density at radius 2 is 2.04 bits per heavy atom. The first-order chi connectivity index (χ1) is 12.7. The Morgan fingerprint density at radius 3 is 2.85 bits per heavy atom. The number of hydrogen-bond acceptors (Lipinski definition) is 7. The summed E-state index contributed by atoms with van der Waals surface area (Å²) in [5.74, 6) is 3.08. The van der Waals surface area contributed by atoms with Gasteiger partial charge in [0.05, 0.1) is 25.1 Å². The fourth-order valence-corrected chi connectivity index (χ4v) is 5.72. The van der Waals surface area contributed by atoms with Crippen molar-refractivity contribution in [2.45, 2.75) is 45.2 Å². The highest BCUT2D eigenvalue weighted by molar-refractivity contribution is 7.98. The number of morpholine rings is 1. The van der Waals surface area contributed by atoms with Gasteiger partial charge in [0.25, 0.3) is 0 Å². The van der Waals surface area contributed by atoms with Crippen LogP contribution in [0.1, 0.15) is 36.0 Å². The van der Waals surface area contributed by atoms with Crippen molar-refractivity contribution in [3.8, 4) is 0 Å². The van der Waals surface area contributed by atoms with E-state index < -0.39 is 0 Å². The summed E-state index contributed by atoms with van der Waals surface area (Å²) in [5.41, 5.74) is 1.51. The molecule has 4 rings (SSSR count). The summed E-state index contributed by atoms with van der Waals surface area (Å²) in [6.07, 6.45) is 7.12. The van der Waals surface area contributed by atoms with Crippen LogP contribution in [0.3, 0.4) is 0 Å². The van der Waals surface area contributed by atoms with Gasteiger partial charge in [0.15, 0.2) is 0 Å². The molecule has 0 spiro atoms. The number of thioether (sulfide) groups is 1. The summed E-state index contributed by atoms with van der Waals surface area (Å²) in [4.78, 5) is 15.1. The standard InChI is InChI=1S/C19H28N4OS2/c1-13(12-25-2)20-18-17-14-5-3-4-6-15(14)26-19(17)22-16(21-18)11-23-7-9-24-10-8-23/h13H,3-12H2,1-2H3,(H,20,21,22). The maximum Gasteiger partial charge on any atom is 0.146 e. The van der Waals surface area contributed by atoms with Crippen LogP contribution < -0.4 is 5.32 Å². The molecule has 0 bridgehead atoms. The second kappa shape index (κ2) is 8.42. The molecule has 1 aliphatic heterocycles. The van der Waals surface area contributed by atoms with Crippen molar-refractivity contribution in [2.24, 2.45) is 0 Å². The lowest BCUT2D eigenvalue weighted by Gasteiger charge is -2.26. The van der Waals surface area contributed by atoms with Gasteiger partial charge in [-0.2, -0.15) is 11.8 Å². The van der Waals surface area contributed by atoms with E-state index in [9.17, 15) is 0 Å². The van der Waals surface area contributed by atoms with Gasteiger partial charge in [-0.25, -0.2) is 9.97 Å². The quantitative estimate of drug-likeness (QED) is 0.811. The van der Waals surface area contributed by atoms with E-state index in [4.69, 9.17) is 14.7 Å². The normalized spacial score (nSPS) is 19.5. The highest BCUT2D eigenvalue weighted by Crippen LogP contribution is 2.39. The molecule has 0 amide bonds. The summed E-state index contributed by atoms with van der Waals surface area (Å²) in [7, 11) is 0. The van der Waals surface area contributed by atoms with Gasteiger partial charge < -0.3 is 10.1 Å². The smallest absolute Gasteiger partial charge is 0.146 e. The lowest BCUT2D eigenvalue weighted by molar-refractivity contribution is 0.0331. The zero-order valence-corrected chi connectivity index (χ0v) is 17.3. The van der Waals surface area contributed by atoms with Crippen LogP contribution in [-0.2, 0) is 24.1 Å². The molecule has 1 saturated heterocycles. The first-order valence-electron chi connectivity index (χ1n) is 9.61. The Kier molecular flexibility index (Phi) is 5.98. The maximum atomic E-state index is 5.47. The monoisotopic (exact) mass is 392 g/mol. The zero-order chi connectivity index (χ0) is 17.9. The molecule has 0 saturated carbocycles. The molecule has 1 N–H and O–H groups in total. The fraction of sp³-hybridized carbons (Fsp3) is 0.684. The molecule has 1 unspecified atom stereocenters. The van der Waals surface area contributed by atoms with Crippen molar-refractivity contribution in [2.75, 3.05) is 43.6 Å². The number of hydrogen-bond donors (Lipinski definition) is 1. The van der Waals surface area contributed by atoms with E-state index in [1.807, 2.05) is 23.1 Å². The highest BCUT2D eigenvalue weighted by Gasteiger charge is 2.22. The second-order valence-electron chi connectivity index (χ2n) is 7.27. The van der Waals surface area contributed by atoms with Gasteiger partial charge >= 0.3 is 0 Å². The van der Waals surface area contributed by atoms with Crippen LogP contribution in [0.4, 0.5) is 5.82 Å². The molecular weight excluding hydrogens is 364 g/mol. The molecule has 2 aliphatic rings. The van der Waals surface area contributed by atoms with E-state index in [-0.39, 0.29) is 0 Å². The van der Waals surface area contributed by atoms with Gasteiger partial charge in [-0.15, -0.1) is 11.3 Å². The van der Waals surface area contributed by atoms with Crippen LogP contribution in [-0.4, -0.2) is 59.2 Å². The van der Waals surface area contributed by atoms with E-state index in [2.05, 4.69) is 23.4 Å². The summed E-state index contributed by atoms with van der Waals surface area (Å²) in [6.45, 7) is 6.61. The summed E-state index contributed by atoms with van der Waals surface area (Å²) in [6, 6.07) is 0.401. The molecule has 26 heavy (non-hydrogen) atoms. The van der Waals surface area contributed by atoms with Crippen LogP contribution in [0.15, 0.2) is 0 Å². The maximum absolute atomic E-state index is 5.47. The lowest BCUT2D eigenvalue weighted by Crippen LogP contribution is -2.36. The van der Waals surface area contributed by atoms with Crippen LogP contribution in [0.5, 0.6) is 0 Å². The first-order valence-corrected chi connectivity index (χ1v) is 11.8. The van der Waals surface area contributed by atoms with Crippen molar-refractivity contribution < 1.29 is 4.74 Å². The number of nitrogens with zero attached hydrogens (tertiary/aromatic N) is 3. The lowest BCUT2D eigenvalue weighted by atomic mass is 9.97. The minimum absolute atomic E-state index is 0.401.